The van der Waals surface area contributed by atoms with Gasteiger partial charge in [-0.3, -0.25) is 4.79 Å². The van der Waals surface area contributed by atoms with Crippen LogP contribution < -0.4 is 10.1 Å². The SMILES string of the molecule is O=C1N[C@H](CCc2ccc(F)cc2)Oc2ccccc21. The lowest BCUT2D eigenvalue weighted by Gasteiger charge is -2.26. The summed E-state index contributed by atoms with van der Waals surface area (Å²) in [6, 6.07) is 13.5. The van der Waals surface area contributed by atoms with Gasteiger partial charge in [0.15, 0.2) is 6.23 Å². The number of carbonyl (C=O) groups is 1. The van der Waals surface area contributed by atoms with Crippen LogP contribution in [-0.2, 0) is 6.42 Å². The van der Waals surface area contributed by atoms with Gasteiger partial charge in [0.2, 0.25) is 0 Å². The zero-order valence-corrected chi connectivity index (χ0v) is 10.8. The first-order valence-corrected chi connectivity index (χ1v) is 6.53. The third kappa shape index (κ3) is 2.64. The van der Waals surface area contributed by atoms with Crippen molar-refractivity contribution < 1.29 is 13.9 Å². The number of amides is 1. The maximum Gasteiger partial charge on any atom is 0.257 e. The summed E-state index contributed by atoms with van der Waals surface area (Å²) in [6.45, 7) is 0. The molecule has 0 radical (unpaired) electrons. The molecule has 3 nitrogen and oxygen atoms in total. The fourth-order valence-corrected chi connectivity index (χ4v) is 2.24. The third-order valence-corrected chi connectivity index (χ3v) is 3.30. The minimum atomic E-state index is -0.345. The molecule has 0 aromatic heterocycles. The van der Waals surface area contributed by atoms with Gasteiger partial charge in [0.25, 0.3) is 5.91 Å². The zero-order valence-electron chi connectivity index (χ0n) is 10.8. The Balaban J connectivity index is 1.65. The van der Waals surface area contributed by atoms with E-state index in [0.717, 1.165) is 5.56 Å². The number of benzene rings is 2. The zero-order chi connectivity index (χ0) is 13.9. The quantitative estimate of drug-likeness (QED) is 0.932. The molecule has 1 N–H and O–H groups in total. The van der Waals surface area contributed by atoms with Crippen molar-refractivity contribution in [3.8, 4) is 5.75 Å². The highest BCUT2D eigenvalue weighted by Crippen LogP contribution is 2.23. The van der Waals surface area contributed by atoms with Gasteiger partial charge in [-0.1, -0.05) is 24.3 Å². The van der Waals surface area contributed by atoms with Crippen molar-refractivity contribution in [3.63, 3.8) is 0 Å². The molecular weight excluding hydrogens is 257 g/mol. The molecule has 20 heavy (non-hydrogen) atoms. The van der Waals surface area contributed by atoms with Gasteiger partial charge < -0.3 is 10.1 Å². The maximum atomic E-state index is 12.8. The molecule has 0 spiro atoms. The van der Waals surface area contributed by atoms with Gasteiger partial charge in [0.05, 0.1) is 5.56 Å². The highest BCUT2D eigenvalue weighted by Gasteiger charge is 2.24. The normalized spacial score (nSPS) is 17.1. The van der Waals surface area contributed by atoms with Crippen LogP contribution in [0.3, 0.4) is 0 Å². The summed E-state index contributed by atoms with van der Waals surface area (Å²) < 4.78 is 18.6. The Labute approximate surface area is 116 Å². The second-order valence-corrected chi connectivity index (χ2v) is 4.74. The molecule has 1 atom stereocenters. The first kappa shape index (κ1) is 12.7. The fourth-order valence-electron chi connectivity index (χ4n) is 2.24. The standard InChI is InChI=1S/C16H14FNO2/c17-12-8-5-11(6-9-12)7-10-15-18-16(19)13-3-1-2-4-14(13)20-15/h1-6,8-9,15H,7,10H2,(H,18,19)/t15-/m0/s1. The molecule has 1 aliphatic rings. The van der Waals surface area contributed by atoms with Crippen LogP contribution in [0.2, 0.25) is 0 Å². The molecule has 102 valence electrons. The summed E-state index contributed by atoms with van der Waals surface area (Å²) in [5.74, 6) is 0.251. The number of nitrogens with one attached hydrogen (secondary N) is 1. The van der Waals surface area contributed by atoms with Gasteiger partial charge >= 0.3 is 0 Å². The number of hydrogen-bond donors (Lipinski definition) is 1. The number of aryl methyl sites for hydroxylation is 1. The van der Waals surface area contributed by atoms with Crippen LogP contribution >= 0.6 is 0 Å². The van der Waals surface area contributed by atoms with Gasteiger partial charge in [-0.15, -0.1) is 0 Å². The smallest absolute Gasteiger partial charge is 0.257 e. The van der Waals surface area contributed by atoms with Crippen LogP contribution in [0.25, 0.3) is 0 Å². The highest BCUT2D eigenvalue weighted by atomic mass is 19.1. The fraction of sp³-hybridized carbons (Fsp3) is 0.188. The number of carbonyl (C=O) groups excluding carboxylic acids is 1. The number of fused-ring (bicyclic) bond motifs is 1. The first-order chi connectivity index (χ1) is 9.72. The van der Waals surface area contributed by atoms with Crippen molar-refractivity contribution in [2.24, 2.45) is 0 Å². The van der Waals surface area contributed by atoms with E-state index in [0.29, 0.717) is 24.2 Å². The summed E-state index contributed by atoms with van der Waals surface area (Å²) in [7, 11) is 0. The summed E-state index contributed by atoms with van der Waals surface area (Å²) in [5, 5.41) is 2.82. The lowest BCUT2D eigenvalue weighted by atomic mass is 10.1. The summed E-state index contributed by atoms with van der Waals surface area (Å²) in [5.41, 5.74) is 1.58. The van der Waals surface area contributed by atoms with Gasteiger partial charge in [0.1, 0.15) is 11.6 Å². The topological polar surface area (TPSA) is 38.3 Å². The predicted molar refractivity (Wildman–Crippen MR) is 73.0 cm³/mol. The maximum absolute atomic E-state index is 12.8. The molecule has 0 saturated heterocycles. The van der Waals surface area contributed by atoms with E-state index in [9.17, 15) is 9.18 Å². The van der Waals surface area contributed by atoms with Crippen molar-refractivity contribution in [2.75, 3.05) is 0 Å². The van der Waals surface area contributed by atoms with Crippen molar-refractivity contribution in [1.29, 1.82) is 0 Å². The Kier molecular flexibility index (Phi) is 3.37. The minimum absolute atomic E-state index is 0.115. The van der Waals surface area contributed by atoms with Gasteiger partial charge in [-0.05, 0) is 36.2 Å². The molecule has 0 saturated carbocycles. The average Bonchev–Trinajstić information content (AvgIpc) is 2.47. The van der Waals surface area contributed by atoms with E-state index >= 15 is 0 Å². The molecule has 0 unspecified atom stereocenters. The van der Waals surface area contributed by atoms with Gasteiger partial charge in [0, 0.05) is 6.42 Å². The highest BCUT2D eigenvalue weighted by molar-refractivity contribution is 5.97. The van der Waals surface area contributed by atoms with Crippen molar-refractivity contribution in [2.45, 2.75) is 19.1 Å². The molecule has 1 heterocycles. The predicted octanol–water partition coefficient (Wildman–Crippen LogP) is 2.91. The van der Waals surface area contributed by atoms with Gasteiger partial charge in [-0.25, -0.2) is 4.39 Å². The molecule has 4 heteroatoms. The Morgan fingerprint density at radius 1 is 1.10 bits per heavy atom. The van der Waals surface area contributed by atoms with E-state index in [-0.39, 0.29) is 18.0 Å². The number of para-hydroxylation sites is 1. The third-order valence-electron chi connectivity index (χ3n) is 3.30. The number of hydrogen-bond acceptors (Lipinski definition) is 2. The minimum Gasteiger partial charge on any atom is -0.470 e. The molecule has 0 fully saturated rings. The Hall–Kier alpha value is -2.36. The Bertz CT molecular complexity index is 625. The molecule has 1 aliphatic heterocycles. The summed E-state index contributed by atoms with van der Waals surface area (Å²) >= 11 is 0. The lowest BCUT2D eigenvalue weighted by Crippen LogP contribution is -2.43. The van der Waals surface area contributed by atoms with E-state index in [1.54, 1.807) is 30.3 Å². The van der Waals surface area contributed by atoms with E-state index < -0.39 is 0 Å². The molecule has 3 rings (SSSR count). The summed E-state index contributed by atoms with van der Waals surface area (Å²) in [4.78, 5) is 11.9. The van der Waals surface area contributed by atoms with Crippen LogP contribution in [0, 0.1) is 5.82 Å². The second-order valence-electron chi connectivity index (χ2n) is 4.74. The number of halogens is 1. The van der Waals surface area contributed by atoms with Crippen molar-refractivity contribution in [3.05, 3.63) is 65.5 Å². The molecule has 1 amide bonds. The number of rotatable bonds is 3. The van der Waals surface area contributed by atoms with Crippen LogP contribution in [0.4, 0.5) is 4.39 Å². The van der Waals surface area contributed by atoms with Crippen LogP contribution in [-0.4, -0.2) is 12.1 Å². The van der Waals surface area contributed by atoms with E-state index in [2.05, 4.69) is 5.32 Å². The molecule has 0 bridgehead atoms. The van der Waals surface area contributed by atoms with Crippen molar-refractivity contribution >= 4 is 5.91 Å². The van der Waals surface area contributed by atoms with Crippen LogP contribution in [0.5, 0.6) is 5.75 Å². The largest absolute Gasteiger partial charge is 0.470 e. The van der Waals surface area contributed by atoms with E-state index in [1.165, 1.54) is 12.1 Å². The molecular formula is C16H14FNO2. The van der Waals surface area contributed by atoms with Crippen LogP contribution in [0.15, 0.2) is 48.5 Å². The second kappa shape index (κ2) is 5.33. The first-order valence-electron chi connectivity index (χ1n) is 6.53. The van der Waals surface area contributed by atoms with E-state index in [1.807, 2.05) is 6.07 Å². The lowest BCUT2D eigenvalue weighted by molar-refractivity contribution is 0.0741. The molecule has 2 aromatic carbocycles. The summed E-state index contributed by atoms with van der Waals surface area (Å²) in [6.07, 6.45) is 1.02. The van der Waals surface area contributed by atoms with Gasteiger partial charge in [-0.2, -0.15) is 0 Å². The monoisotopic (exact) mass is 271 g/mol. The molecule has 0 aliphatic carbocycles. The van der Waals surface area contributed by atoms with Crippen LogP contribution in [0.1, 0.15) is 22.3 Å². The Morgan fingerprint density at radius 3 is 2.65 bits per heavy atom. The average molecular weight is 271 g/mol. The molecule has 2 aromatic rings. The van der Waals surface area contributed by atoms with Crippen molar-refractivity contribution in [1.82, 2.24) is 5.32 Å². The Morgan fingerprint density at radius 2 is 1.85 bits per heavy atom. The van der Waals surface area contributed by atoms with E-state index in [4.69, 9.17) is 4.74 Å². The number of ether oxygens (including phenoxy) is 1.